The molecule has 1 amide bonds. The molecule has 0 bridgehead atoms. The van der Waals surface area contributed by atoms with Crippen molar-refractivity contribution >= 4 is 33.8 Å². The van der Waals surface area contributed by atoms with Crippen LogP contribution in [0.5, 0.6) is 0 Å². The first-order valence-corrected chi connectivity index (χ1v) is 10.3. The Balaban J connectivity index is 2.12. The van der Waals surface area contributed by atoms with Gasteiger partial charge in [-0.05, 0) is 36.8 Å². The highest BCUT2D eigenvalue weighted by atomic mass is 16.4. The van der Waals surface area contributed by atoms with Crippen LogP contribution in [0.4, 0.5) is 0 Å². The maximum Gasteiger partial charge on any atom is 0.340 e. The molecule has 0 radical (unpaired) electrons. The molecule has 0 spiro atoms. The standard InChI is InChI=1S/C24H29NO6/c1-11(2)19(22(27)28)25-18(26)9-15-12(3)14-8-16-17(24(5,6)7)10-30-20(16)13(4)21(14)31-23(15)29/h8,10-11,19H,9H2,1-7H3,(H,25,26)(H,27,28)/t19-/m1/s1. The van der Waals surface area contributed by atoms with E-state index in [4.69, 9.17) is 8.83 Å². The molecule has 1 atom stereocenters. The van der Waals surface area contributed by atoms with Crippen molar-refractivity contribution in [1.29, 1.82) is 0 Å². The molecule has 0 aliphatic heterocycles. The summed E-state index contributed by atoms with van der Waals surface area (Å²) in [6, 6.07) is 0.915. The highest BCUT2D eigenvalue weighted by Crippen LogP contribution is 2.37. The number of amides is 1. The smallest absolute Gasteiger partial charge is 0.340 e. The van der Waals surface area contributed by atoms with E-state index in [-0.39, 0.29) is 23.3 Å². The molecule has 31 heavy (non-hydrogen) atoms. The zero-order valence-corrected chi connectivity index (χ0v) is 19.0. The Kier molecular flexibility index (Phi) is 5.74. The van der Waals surface area contributed by atoms with Crippen LogP contribution in [0.3, 0.4) is 0 Å². The molecule has 3 aromatic rings. The summed E-state index contributed by atoms with van der Waals surface area (Å²) >= 11 is 0. The molecule has 0 aliphatic carbocycles. The lowest BCUT2D eigenvalue weighted by atomic mass is 9.86. The first-order valence-electron chi connectivity index (χ1n) is 10.3. The number of fused-ring (bicyclic) bond motifs is 2. The fraction of sp³-hybridized carbons (Fsp3) is 0.458. The van der Waals surface area contributed by atoms with E-state index in [2.05, 4.69) is 26.1 Å². The van der Waals surface area contributed by atoms with Crippen LogP contribution in [0, 0.1) is 19.8 Å². The number of benzene rings is 1. The number of furan rings is 1. The number of hydrogen-bond acceptors (Lipinski definition) is 5. The number of nitrogens with one attached hydrogen (secondary N) is 1. The number of hydrogen-bond donors (Lipinski definition) is 2. The van der Waals surface area contributed by atoms with Crippen LogP contribution in [0.2, 0.25) is 0 Å². The predicted molar refractivity (Wildman–Crippen MR) is 119 cm³/mol. The average molecular weight is 427 g/mol. The SMILES string of the molecule is Cc1c(CC(=O)N[C@@H](C(=O)O)C(C)C)c(=O)oc2c(C)c3occ(C(C)(C)C)c3cc12. The Morgan fingerprint density at radius 2 is 1.74 bits per heavy atom. The normalized spacial score (nSPS) is 13.2. The van der Waals surface area contributed by atoms with Crippen LogP contribution in [-0.4, -0.2) is 23.0 Å². The topological polar surface area (TPSA) is 110 Å². The van der Waals surface area contributed by atoms with Gasteiger partial charge < -0.3 is 19.3 Å². The molecule has 0 fully saturated rings. The summed E-state index contributed by atoms with van der Waals surface area (Å²) < 4.78 is 11.4. The number of aryl methyl sites for hydroxylation is 2. The van der Waals surface area contributed by atoms with Crippen molar-refractivity contribution < 1.29 is 23.5 Å². The van der Waals surface area contributed by atoms with Crippen LogP contribution in [0.1, 0.15) is 56.9 Å². The van der Waals surface area contributed by atoms with Crippen molar-refractivity contribution in [2.24, 2.45) is 5.92 Å². The largest absolute Gasteiger partial charge is 0.480 e. The molecule has 7 nitrogen and oxygen atoms in total. The number of rotatable bonds is 5. The lowest BCUT2D eigenvalue weighted by Crippen LogP contribution is -2.45. The van der Waals surface area contributed by atoms with Crippen LogP contribution in [0.15, 0.2) is 26.0 Å². The monoisotopic (exact) mass is 427 g/mol. The zero-order valence-electron chi connectivity index (χ0n) is 19.0. The minimum atomic E-state index is -1.11. The molecule has 3 rings (SSSR count). The molecule has 0 saturated heterocycles. The second-order valence-electron chi connectivity index (χ2n) is 9.45. The Hall–Kier alpha value is -3.09. The number of carboxylic acid groups (broad SMARTS) is 1. The quantitative estimate of drug-likeness (QED) is 0.590. The van der Waals surface area contributed by atoms with Gasteiger partial charge in [0.25, 0.3) is 0 Å². The summed E-state index contributed by atoms with van der Waals surface area (Å²) in [5.74, 6) is -1.94. The van der Waals surface area contributed by atoms with Crippen molar-refractivity contribution in [1.82, 2.24) is 5.32 Å². The summed E-state index contributed by atoms with van der Waals surface area (Å²) in [6.45, 7) is 13.3. The van der Waals surface area contributed by atoms with E-state index in [0.29, 0.717) is 16.7 Å². The van der Waals surface area contributed by atoms with Crippen LogP contribution in [-0.2, 0) is 21.4 Å². The molecule has 2 heterocycles. The summed E-state index contributed by atoms with van der Waals surface area (Å²) in [5.41, 5.74) is 2.98. The minimum absolute atomic E-state index is 0.139. The number of carbonyl (C=O) groups is 2. The van der Waals surface area contributed by atoms with E-state index in [9.17, 15) is 19.5 Å². The summed E-state index contributed by atoms with van der Waals surface area (Å²) in [5, 5.41) is 13.5. The van der Waals surface area contributed by atoms with Crippen molar-refractivity contribution in [2.75, 3.05) is 0 Å². The molecule has 0 aliphatic rings. The molecule has 166 valence electrons. The van der Waals surface area contributed by atoms with Crippen molar-refractivity contribution in [2.45, 2.75) is 66.3 Å². The maximum atomic E-state index is 12.7. The Morgan fingerprint density at radius 1 is 1.10 bits per heavy atom. The third-order valence-corrected chi connectivity index (χ3v) is 5.74. The fourth-order valence-corrected chi connectivity index (χ4v) is 3.88. The Labute approximate surface area is 180 Å². The Bertz CT molecular complexity index is 1240. The summed E-state index contributed by atoms with van der Waals surface area (Å²) in [7, 11) is 0. The van der Waals surface area contributed by atoms with Gasteiger partial charge in [0, 0.05) is 21.9 Å². The molecular formula is C24H29NO6. The molecule has 7 heteroatoms. The van der Waals surface area contributed by atoms with E-state index < -0.39 is 23.5 Å². The highest BCUT2D eigenvalue weighted by Gasteiger charge is 2.26. The van der Waals surface area contributed by atoms with Crippen LogP contribution in [0.25, 0.3) is 21.9 Å². The number of carboxylic acids is 1. The predicted octanol–water partition coefficient (Wildman–Crippen LogP) is 4.22. The molecule has 0 saturated carbocycles. The van der Waals surface area contributed by atoms with Gasteiger partial charge in [0.05, 0.1) is 18.2 Å². The van der Waals surface area contributed by atoms with Gasteiger partial charge in [0.1, 0.15) is 17.2 Å². The van der Waals surface area contributed by atoms with Gasteiger partial charge >= 0.3 is 11.6 Å². The summed E-state index contributed by atoms with van der Waals surface area (Å²) in [4.78, 5) is 36.6. The number of carbonyl (C=O) groups excluding carboxylic acids is 1. The van der Waals surface area contributed by atoms with Gasteiger partial charge in [-0.15, -0.1) is 0 Å². The average Bonchev–Trinajstić information content (AvgIpc) is 3.08. The van der Waals surface area contributed by atoms with E-state index in [1.54, 1.807) is 27.0 Å². The zero-order chi connectivity index (χ0) is 23.2. The first kappa shape index (κ1) is 22.6. The molecule has 1 aromatic carbocycles. The molecule has 2 N–H and O–H groups in total. The first-order chi connectivity index (χ1) is 14.3. The van der Waals surface area contributed by atoms with Gasteiger partial charge in [-0.25, -0.2) is 9.59 Å². The lowest BCUT2D eigenvalue weighted by Gasteiger charge is -2.18. The third-order valence-electron chi connectivity index (χ3n) is 5.74. The molecular weight excluding hydrogens is 398 g/mol. The molecule has 0 unspecified atom stereocenters. The van der Waals surface area contributed by atoms with Gasteiger partial charge in [-0.1, -0.05) is 34.6 Å². The van der Waals surface area contributed by atoms with E-state index in [1.807, 2.05) is 13.0 Å². The summed E-state index contributed by atoms with van der Waals surface area (Å²) in [6.07, 6.45) is 1.48. The van der Waals surface area contributed by atoms with Crippen molar-refractivity contribution in [3.8, 4) is 0 Å². The van der Waals surface area contributed by atoms with Crippen LogP contribution < -0.4 is 10.9 Å². The van der Waals surface area contributed by atoms with E-state index >= 15 is 0 Å². The Morgan fingerprint density at radius 3 is 2.29 bits per heavy atom. The van der Waals surface area contributed by atoms with E-state index in [0.717, 1.165) is 21.9 Å². The van der Waals surface area contributed by atoms with Gasteiger partial charge in [0.15, 0.2) is 0 Å². The van der Waals surface area contributed by atoms with Crippen LogP contribution >= 0.6 is 0 Å². The second-order valence-corrected chi connectivity index (χ2v) is 9.45. The maximum absolute atomic E-state index is 12.7. The van der Waals surface area contributed by atoms with Gasteiger partial charge in [-0.3, -0.25) is 4.79 Å². The molecule has 2 aromatic heterocycles. The van der Waals surface area contributed by atoms with Crippen molar-refractivity contribution in [3.63, 3.8) is 0 Å². The highest BCUT2D eigenvalue weighted by molar-refractivity contribution is 6.00. The fourth-order valence-electron chi connectivity index (χ4n) is 3.88. The second kappa shape index (κ2) is 7.87. The minimum Gasteiger partial charge on any atom is -0.480 e. The van der Waals surface area contributed by atoms with Crippen molar-refractivity contribution in [3.05, 3.63) is 45.0 Å². The number of aliphatic carboxylic acids is 1. The van der Waals surface area contributed by atoms with Gasteiger partial charge in [0.2, 0.25) is 5.91 Å². The van der Waals surface area contributed by atoms with E-state index in [1.165, 1.54) is 0 Å². The lowest BCUT2D eigenvalue weighted by molar-refractivity contribution is -0.143. The van der Waals surface area contributed by atoms with Gasteiger partial charge in [-0.2, -0.15) is 0 Å². The third kappa shape index (κ3) is 4.09.